The third kappa shape index (κ3) is 3.11. The quantitative estimate of drug-likeness (QED) is 0.690. The number of H-pyrrole nitrogens is 1. The van der Waals surface area contributed by atoms with E-state index < -0.39 is 0 Å². The van der Waals surface area contributed by atoms with E-state index in [9.17, 15) is 0 Å². The first kappa shape index (κ1) is 14.8. The fourth-order valence-electron chi connectivity index (χ4n) is 1.90. The number of aromatic nitrogens is 3. The third-order valence-electron chi connectivity index (χ3n) is 2.86. The summed E-state index contributed by atoms with van der Waals surface area (Å²) in [7, 11) is 0. The summed E-state index contributed by atoms with van der Waals surface area (Å²) in [6.07, 6.45) is 1.62. The summed E-state index contributed by atoms with van der Waals surface area (Å²) in [6.45, 7) is -0.0388. The highest BCUT2D eigenvalue weighted by atomic mass is 35.5. The average molecular weight is 302 g/mol. The Morgan fingerprint density at radius 1 is 1.29 bits per heavy atom. The maximum absolute atomic E-state index is 9.09. The summed E-state index contributed by atoms with van der Waals surface area (Å²) in [5, 5.41) is 21.0. The predicted octanol–water partition coefficient (Wildman–Crippen LogP) is 2.49. The Morgan fingerprint density at radius 2 is 2.14 bits per heavy atom. The van der Waals surface area contributed by atoms with Crippen molar-refractivity contribution in [1.82, 2.24) is 15.0 Å². The zero-order valence-corrected chi connectivity index (χ0v) is 11.7. The molecule has 0 bridgehead atoms. The predicted molar refractivity (Wildman–Crippen MR) is 81.5 cm³/mol. The van der Waals surface area contributed by atoms with Crippen LogP contribution in [0.1, 0.15) is 11.1 Å². The monoisotopic (exact) mass is 301 g/mol. The maximum Gasteiger partial charge on any atom is 0.206 e. The number of anilines is 2. The van der Waals surface area contributed by atoms with Gasteiger partial charge in [0.05, 0.1) is 29.3 Å². The number of nitriles is 1. The number of pyridine rings is 1. The van der Waals surface area contributed by atoms with Crippen molar-refractivity contribution in [3.05, 3.63) is 47.7 Å². The molecule has 106 valence electrons. The molecule has 0 aliphatic heterocycles. The number of aliphatic hydroxyl groups is 1. The molecule has 3 N–H and O–H groups in total. The van der Waals surface area contributed by atoms with Gasteiger partial charge in [-0.3, -0.25) is 0 Å². The molecule has 0 spiro atoms. The molecule has 6 nitrogen and oxygen atoms in total. The Morgan fingerprint density at radius 3 is 2.90 bits per heavy atom. The van der Waals surface area contributed by atoms with E-state index >= 15 is 0 Å². The smallest absolute Gasteiger partial charge is 0.206 e. The lowest BCUT2D eigenvalue weighted by Gasteiger charge is -2.02. The van der Waals surface area contributed by atoms with Crippen molar-refractivity contribution >= 4 is 35.2 Å². The molecule has 21 heavy (non-hydrogen) atoms. The molecule has 0 aliphatic carbocycles. The largest absolute Gasteiger partial charge is 0.392 e. The number of aromatic amines is 1. The molecule has 3 rings (SSSR count). The van der Waals surface area contributed by atoms with Crippen LogP contribution in [0.5, 0.6) is 0 Å². The number of imidazole rings is 1. The number of hydrogen-bond acceptors (Lipinski definition) is 5. The molecule has 7 heteroatoms. The summed E-state index contributed by atoms with van der Waals surface area (Å²) >= 11 is 0. The first-order chi connectivity index (χ1) is 9.78. The molecule has 2 aromatic heterocycles. The Balaban J connectivity index is 0.00000161. The van der Waals surface area contributed by atoms with E-state index in [1.807, 2.05) is 0 Å². The standard InChI is InChI=1S/C14H11N5O.ClH/c15-7-9-1-2-11-12(5-9)18-14(17-11)19-13-6-10(8-20)3-4-16-13;/h1-6,20H,8H2,(H2,16,17,18,19);1H. The van der Waals surface area contributed by atoms with Crippen molar-refractivity contribution in [1.29, 1.82) is 5.26 Å². The lowest BCUT2D eigenvalue weighted by Crippen LogP contribution is -1.96. The van der Waals surface area contributed by atoms with Crippen LogP contribution in [-0.2, 0) is 6.61 Å². The van der Waals surface area contributed by atoms with Crippen LogP contribution in [0.4, 0.5) is 11.8 Å². The van der Waals surface area contributed by atoms with Gasteiger partial charge in [0.1, 0.15) is 5.82 Å². The minimum absolute atomic E-state index is 0. The molecule has 0 saturated heterocycles. The summed E-state index contributed by atoms with van der Waals surface area (Å²) in [6, 6.07) is 10.8. The van der Waals surface area contributed by atoms with Gasteiger partial charge in [-0.05, 0) is 35.9 Å². The lowest BCUT2D eigenvalue weighted by molar-refractivity contribution is 0.282. The molecule has 0 radical (unpaired) electrons. The molecule has 0 saturated carbocycles. The van der Waals surface area contributed by atoms with Crippen LogP contribution >= 0.6 is 12.4 Å². The highest BCUT2D eigenvalue weighted by Gasteiger charge is 2.05. The Bertz CT molecular complexity index is 808. The van der Waals surface area contributed by atoms with Gasteiger partial charge in [0.15, 0.2) is 0 Å². The van der Waals surface area contributed by atoms with Crippen molar-refractivity contribution in [2.75, 3.05) is 5.32 Å². The topological polar surface area (TPSA) is 97.6 Å². The summed E-state index contributed by atoms with van der Waals surface area (Å²) in [5.41, 5.74) is 2.90. The van der Waals surface area contributed by atoms with E-state index in [4.69, 9.17) is 10.4 Å². The number of fused-ring (bicyclic) bond motifs is 1. The van der Waals surface area contributed by atoms with E-state index in [1.165, 1.54) is 0 Å². The van der Waals surface area contributed by atoms with Crippen LogP contribution in [0.3, 0.4) is 0 Å². The average Bonchev–Trinajstić information content (AvgIpc) is 2.88. The van der Waals surface area contributed by atoms with Gasteiger partial charge < -0.3 is 15.4 Å². The van der Waals surface area contributed by atoms with Crippen LogP contribution < -0.4 is 5.32 Å². The van der Waals surface area contributed by atoms with Crippen molar-refractivity contribution in [3.8, 4) is 6.07 Å². The number of benzene rings is 1. The van der Waals surface area contributed by atoms with Crippen molar-refractivity contribution in [2.24, 2.45) is 0 Å². The van der Waals surface area contributed by atoms with E-state index in [2.05, 4.69) is 26.3 Å². The number of nitrogens with zero attached hydrogens (tertiary/aromatic N) is 3. The van der Waals surface area contributed by atoms with Crippen molar-refractivity contribution in [2.45, 2.75) is 6.61 Å². The van der Waals surface area contributed by atoms with Crippen LogP contribution in [0.15, 0.2) is 36.5 Å². The van der Waals surface area contributed by atoms with Gasteiger partial charge in [0.2, 0.25) is 5.95 Å². The molecule has 0 fully saturated rings. The Hall–Kier alpha value is -2.62. The second-order valence-electron chi connectivity index (χ2n) is 4.26. The van der Waals surface area contributed by atoms with E-state index in [-0.39, 0.29) is 19.0 Å². The normalized spacial score (nSPS) is 9.90. The molecule has 0 amide bonds. The zero-order chi connectivity index (χ0) is 13.9. The molecule has 0 atom stereocenters. The number of nitrogens with one attached hydrogen (secondary N) is 2. The molecular weight excluding hydrogens is 290 g/mol. The van der Waals surface area contributed by atoms with Crippen LogP contribution in [0, 0.1) is 11.3 Å². The second kappa shape index (κ2) is 6.22. The third-order valence-corrected chi connectivity index (χ3v) is 2.86. The van der Waals surface area contributed by atoms with Gasteiger partial charge in [0, 0.05) is 6.20 Å². The van der Waals surface area contributed by atoms with Gasteiger partial charge in [-0.1, -0.05) is 0 Å². The SMILES string of the molecule is Cl.N#Cc1ccc2nc(Nc3cc(CO)ccn3)[nH]c2c1. The molecule has 0 aliphatic rings. The number of aliphatic hydroxyl groups excluding tert-OH is 1. The van der Waals surface area contributed by atoms with Gasteiger partial charge in [-0.25, -0.2) is 9.97 Å². The molecule has 3 aromatic rings. The minimum Gasteiger partial charge on any atom is -0.392 e. The Labute approximate surface area is 126 Å². The van der Waals surface area contributed by atoms with Crippen LogP contribution in [0.25, 0.3) is 11.0 Å². The molecule has 1 aromatic carbocycles. The maximum atomic E-state index is 9.09. The Kier molecular flexibility index (Phi) is 4.38. The fraction of sp³-hybridized carbons (Fsp3) is 0.0714. The van der Waals surface area contributed by atoms with Crippen molar-refractivity contribution in [3.63, 3.8) is 0 Å². The van der Waals surface area contributed by atoms with Gasteiger partial charge in [0.25, 0.3) is 0 Å². The highest BCUT2D eigenvalue weighted by molar-refractivity contribution is 5.85. The van der Waals surface area contributed by atoms with Gasteiger partial charge >= 0.3 is 0 Å². The lowest BCUT2D eigenvalue weighted by atomic mass is 10.2. The van der Waals surface area contributed by atoms with Crippen LogP contribution in [0.2, 0.25) is 0 Å². The van der Waals surface area contributed by atoms with E-state index in [1.54, 1.807) is 36.5 Å². The molecular formula is C14H12ClN5O. The minimum atomic E-state index is -0.0388. The summed E-state index contributed by atoms with van der Waals surface area (Å²) in [5.74, 6) is 1.13. The first-order valence-electron chi connectivity index (χ1n) is 6.01. The van der Waals surface area contributed by atoms with E-state index in [0.29, 0.717) is 17.3 Å². The van der Waals surface area contributed by atoms with Gasteiger partial charge in [-0.15, -0.1) is 12.4 Å². The zero-order valence-electron chi connectivity index (χ0n) is 10.9. The summed E-state index contributed by atoms with van der Waals surface area (Å²) < 4.78 is 0. The number of rotatable bonds is 3. The number of hydrogen-bond donors (Lipinski definition) is 3. The molecule has 2 heterocycles. The first-order valence-corrected chi connectivity index (χ1v) is 6.01. The van der Waals surface area contributed by atoms with Gasteiger partial charge in [-0.2, -0.15) is 5.26 Å². The van der Waals surface area contributed by atoms with Crippen LogP contribution in [-0.4, -0.2) is 20.1 Å². The van der Waals surface area contributed by atoms with E-state index in [0.717, 1.165) is 16.6 Å². The molecule has 0 unspecified atom stereocenters. The fourth-order valence-corrected chi connectivity index (χ4v) is 1.90. The highest BCUT2D eigenvalue weighted by Crippen LogP contribution is 2.18. The number of halogens is 1. The van der Waals surface area contributed by atoms with Crippen molar-refractivity contribution < 1.29 is 5.11 Å². The summed E-state index contributed by atoms with van der Waals surface area (Å²) in [4.78, 5) is 11.6. The second-order valence-corrected chi connectivity index (χ2v) is 4.26.